The zero-order valence-electron chi connectivity index (χ0n) is 15.0. The Morgan fingerprint density at radius 3 is 2.71 bits per heavy atom. The van der Waals surface area contributed by atoms with Gasteiger partial charge >= 0.3 is 29.6 Å². The van der Waals surface area contributed by atoms with Crippen molar-refractivity contribution in [2.24, 2.45) is 10.2 Å². The molecule has 2 aromatic carbocycles. The zero-order valence-corrected chi connectivity index (χ0v) is 17.0. The van der Waals surface area contributed by atoms with Crippen LogP contribution in [0.2, 0.25) is 0 Å². The van der Waals surface area contributed by atoms with Crippen LogP contribution in [0.25, 0.3) is 16.8 Å². The number of aromatic carboxylic acids is 1. The molecule has 28 heavy (non-hydrogen) atoms. The van der Waals surface area contributed by atoms with Crippen LogP contribution in [0.4, 0.5) is 11.4 Å². The fourth-order valence-corrected chi connectivity index (χ4v) is 2.79. The first-order valence-electron chi connectivity index (χ1n) is 7.92. The van der Waals surface area contributed by atoms with Crippen molar-refractivity contribution < 1.29 is 44.6 Å². The van der Waals surface area contributed by atoms with Gasteiger partial charge in [0.25, 0.3) is 5.56 Å². The summed E-state index contributed by atoms with van der Waals surface area (Å²) in [5.74, 6) is -1.71. The molecular formula is C18H12N5NaO4. The quantitative estimate of drug-likeness (QED) is 0.343. The van der Waals surface area contributed by atoms with E-state index in [1.807, 2.05) is 0 Å². The fraction of sp³-hybridized carbons (Fsp3) is 0.0556. The molecule has 0 amide bonds. The van der Waals surface area contributed by atoms with Gasteiger partial charge in [-0.1, -0.05) is 23.8 Å². The first-order chi connectivity index (χ1) is 13.0. The molecule has 4 rings (SSSR count). The number of para-hydroxylation sites is 2. The normalized spacial score (nSPS) is 11.2. The molecule has 0 unspecified atom stereocenters. The topological polar surface area (TPSA) is 135 Å². The predicted molar refractivity (Wildman–Crippen MR) is 94.7 cm³/mol. The number of fused-ring (bicyclic) bond motifs is 3. The maximum atomic E-state index is 12.3. The second-order valence-corrected chi connectivity index (χ2v) is 5.89. The Morgan fingerprint density at radius 1 is 1.21 bits per heavy atom. The minimum Gasteiger partial charge on any atom is -0.545 e. The predicted octanol–water partition coefficient (Wildman–Crippen LogP) is -1.03. The molecule has 0 radical (unpaired) electrons. The summed E-state index contributed by atoms with van der Waals surface area (Å²) < 4.78 is 1.33. The molecule has 0 fully saturated rings. The molecule has 0 saturated heterocycles. The molecule has 0 atom stereocenters. The van der Waals surface area contributed by atoms with Crippen LogP contribution in [-0.2, 0) is 0 Å². The molecule has 0 spiro atoms. The Kier molecular flexibility index (Phi) is 5.32. The van der Waals surface area contributed by atoms with E-state index in [9.17, 15) is 19.8 Å². The number of carbonyl (C=O) groups excluding carboxylic acids is 1. The van der Waals surface area contributed by atoms with E-state index in [4.69, 9.17) is 0 Å². The van der Waals surface area contributed by atoms with Crippen LogP contribution in [0.5, 0.6) is 5.88 Å². The molecule has 0 aliphatic heterocycles. The van der Waals surface area contributed by atoms with Gasteiger partial charge in [-0.15, -0.1) is 10.2 Å². The third-order valence-electron chi connectivity index (χ3n) is 4.05. The molecule has 0 saturated carbocycles. The number of imidazole rings is 1. The standard InChI is InChI=1S/C18H13N5O4.Na/c1-9-6-7-11(10(8-9)17(26)27)21-22-14-15(24)20-18-19-12-4-2-3-5-13(12)23(18)16(14)25;/h2-8,25H,1H3,(H,26,27)(H,19,20,24);/q;+1/p-1. The van der Waals surface area contributed by atoms with E-state index in [0.717, 1.165) is 0 Å². The van der Waals surface area contributed by atoms with Crippen LogP contribution in [0, 0.1) is 6.92 Å². The number of hydrogen-bond donors (Lipinski definition) is 2. The molecule has 10 heteroatoms. The first kappa shape index (κ1) is 19.7. The number of azo groups is 1. The number of hydrogen-bond acceptors (Lipinski definition) is 7. The SMILES string of the molecule is Cc1ccc(N=Nc2c(O)n3c(nc4ccccc43)[nH]c2=O)c(C(=O)[O-])c1.[Na+]. The fourth-order valence-electron chi connectivity index (χ4n) is 2.79. The first-order valence-corrected chi connectivity index (χ1v) is 7.92. The van der Waals surface area contributed by atoms with E-state index in [0.29, 0.717) is 16.6 Å². The Balaban J connectivity index is 0.00000225. The van der Waals surface area contributed by atoms with E-state index >= 15 is 0 Å². The summed E-state index contributed by atoms with van der Waals surface area (Å²) >= 11 is 0. The smallest absolute Gasteiger partial charge is 0.545 e. The molecule has 2 heterocycles. The zero-order chi connectivity index (χ0) is 19.1. The summed E-state index contributed by atoms with van der Waals surface area (Å²) in [6.07, 6.45) is 0. The summed E-state index contributed by atoms with van der Waals surface area (Å²) in [7, 11) is 0. The van der Waals surface area contributed by atoms with Crippen molar-refractivity contribution in [2.75, 3.05) is 0 Å². The number of nitrogens with zero attached hydrogens (tertiary/aromatic N) is 4. The van der Waals surface area contributed by atoms with Crippen LogP contribution in [-0.4, -0.2) is 25.4 Å². The van der Waals surface area contributed by atoms with Gasteiger partial charge in [0.1, 0.15) is 0 Å². The van der Waals surface area contributed by atoms with Crippen LogP contribution >= 0.6 is 0 Å². The largest absolute Gasteiger partial charge is 1.00 e. The molecule has 4 aromatic rings. The van der Waals surface area contributed by atoms with Gasteiger partial charge in [-0.05, 0) is 31.2 Å². The van der Waals surface area contributed by atoms with Crippen molar-refractivity contribution in [3.63, 3.8) is 0 Å². The molecule has 0 aliphatic rings. The van der Waals surface area contributed by atoms with Gasteiger partial charge in [0.05, 0.1) is 22.7 Å². The summed E-state index contributed by atoms with van der Waals surface area (Å²) in [4.78, 5) is 30.3. The summed E-state index contributed by atoms with van der Waals surface area (Å²) in [6.45, 7) is 1.72. The van der Waals surface area contributed by atoms with E-state index in [1.54, 1.807) is 37.3 Å². The number of carbonyl (C=O) groups is 1. The number of carboxylic acids is 1. The average Bonchev–Trinajstić information content (AvgIpc) is 3.00. The monoisotopic (exact) mass is 385 g/mol. The van der Waals surface area contributed by atoms with E-state index in [2.05, 4.69) is 20.2 Å². The minimum atomic E-state index is -1.41. The van der Waals surface area contributed by atoms with Crippen molar-refractivity contribution in [3.05, 3.63) is 63.9 Å². The van der Waals surface area contributed by atoms with Gasteiger partial charge in [0, 0.05) is 5.56 Å². The van der Waals surface area contributed by atoms with Crippen molar-refractivity contribution in [2.45, 2.75) is 6.92 Å². The molecule has 2 N–H and O–H groups in total. The molecular weight excluding hydrogens is 373 g/mol. The maximum Gasteiger partial charge on any atom is 1.00 e. The van der Waals surface area contributed by atoms with Gasteiger partial charge in [-0.2, -0.15) is 0 Å². The number of aromatic nitrogens is 3. The number of aromatic amines is 1. The van der Waals surface area contributed by atoms with Crippen LogP contribution in [0.15, 0.2) is 57.5 Å². The van der Waals surface area contributed by atoms with Crippen molar-refractivity contribution in [1.82, 2.24) is 14.4 Å². The Bertz CT molecular complexity index is 1310. The number of aromatic hydroxyl groups is 1. The molecule has 134 valence electrons. The van der Waals surface area contributed by atoms with Gasteiger partial charge in [-0.25, -0.2) is 9.38 Å². The number of nitrogens with one attached hydrogen (secondary N) is 1. The second-order valence-electron chi connectivity index (χ2n) is 5.89. The molecule has 2 aromatic heterocycles. The summed E-state index contributed by atoms with van der Waals surface area (Å²) in [5.41, 5.74) is 0.634. The Hall–Kier alpha value is -3.01. The summed E-state index contributed by atoms with van der Waals surface area (Å²) in [6, 6.07) is 11.5. The maximum absolute atomic E-state index is 12.3. The Labute approximate surface area is 179 Å². The Morgan fingerprint density at radius 2 is 1.96 bits per heavy atom. The van der Waals surface area contributed by atoms with E-state index < -0.39 is 17.4 Å². The van der Waals surface area contributed by atoms with Crippen LogP contribution in [0.3, 0.4) is 0 Å². The number of carboxylic acid groups (broad SMARTS) is 1. The minimum absolute atomic E-state index is 0. The second kappa shape index (κ2) is 7.55. The van der Waals surface area contributed by atoms with E-state index in [1.165, 1.54) is 16.5 Å². The number of rotatable bonds is 3. The number of aryl methyl sites for hydroxylation is 1. The van der Waals surface area contributed by atoms with Gasteiger partial charge in [0.15, 0.2) is 0 Å². The van der Waals surface area contributed by atoms with Gasteiger partial charge in [0.2, 0.25) is 17.3 Å². The van der Waals surface area contributed by atoms with E-state index in [-0.39, 0.29) is 52.3 Å². The molecule has 0 bridgehead atoms. The van der Waals surface area contributed by atoms with Crippen LogP contribution < -0.4 is 40.2 Å². The van der Waals surface area contributed by atoms with Gasteiger partial charge < -0.3 is 15.0 Å². The average molecular weight is 385 g/mol. The van der Waals surface area contributed by atoms with Crippen molar-refractivity contribution >= 4 is 34.2 Å². The van der Waals surface area contributed by atoms with Crippen LogP contribution in [0.1, 0.15) is 15.9 Å². The van der Waals surface area contributed by atoms with Crippen molar-refractivity contribution in [1.29, 1.82) is 0 Å². The number of benzene rings is 2. The van der Waals surface area contributed by atoms with Crippen molar-refractivity contribution in [3.8, 4) is 5.88 Å². The molecule has 0 aliphatic carbocycles. The van der Waals surface area contributed by atoms with Gasteiger partial charge in [-0.3, -0.25) is 9.78 Å². The third kappa shape index (κ3) is 3.31. The third-order valence-corrected chi connectivity index (χ3v) is 4.05. The molecule has 9 nitrogen and oxygen atoms in total. The number of H-pyrrole nitrogens is 1. The summed E-state index contributed by atoms with van der Waals surface area (Å²) in [5, 5.41) is 29.4.